The predicted octanol–water partition coefficient (Wildman–Crippen LogP) is 2.93. The summed E-state index contributed by atoms with van der Waals surface area (Å²) in [6, 6.07) is 9.23. The smallest absolute Gasteiger partial charge is 0.225 e. The van der Waals surface area contributed by atoms with Crippen LogP contribution in [0.25, 0.3) is 0 Å². The van der Waals surface area contributed by atoms with Gasteiger partial charge in [0.25, 0.3) is 0 Å². The second-order valence-corrected chi connectivity index (χ2v) is 7.93. The maximum atomic E-state index is 11.4. The van der Waals surface area contributed by atoms with Crippen LogP contribution in [-0.4, -0.2) is 32.1 Å². The van der Waals surface area contributed by atoms with E-state index in [0.29, 0.717) is 11.9 Å². The molecule has 27 heavy (non-hydrogen) atoms. The van der Waals surface area contributed by atoms with E-state index in [-0.39, 0.29) is 18.4 Å². The topological polar surface area (TPSA) is 77.0 Å². The highest BCUT2D eigenvalue weighted by Gasteiger charge is 2.29. The summed E-state index contributed by atoms with van der Waals surface area (Å²) in [6.45, 7) is 4.16. The number of amides is 1. The SMILES string of the molecule is CC(c1nc(CC(N)=O)nn1C1CCCCC1)N1CCc2ccccc2C1. The zero-order valence-electron chi connectivity index (χ0n) is 16.1. The number of carbonyl (C=O) groups excluding carboxylic acids is 1. The Balaban J connectivity index is 1.61. The van der Waals surface area contributed by atoms with Crippen molar-refractivity contribution >= 4 is 5.91 Å². The minimum atomic E-state index is -0.373. The van der Waals surface area contributed by atoms with Gasteiger partial charge in [0.05, 0.1) is 18.5 Å². The van der Waals surface area contributed by atoms with Gasteiger partial charge in [-0.1, -0.05) is 43.5 Å². The van der Waals surface area contributed by atoms with E-state index in [4.69, 9.17) is 15.8 Å². The molecule has 2 heterocycles. The van der Waals surface area contributed by atoms with Gasteiger partial charge in [0.2, 0.25) is 5.91 Å². The van der Waals surface area contributed by atoms with Crippen LogP contribution >= 0.6 is 0 Å². The molecule has 1 aromatic carbocycles. The van der Waals surface area contributed by atoms with Crippen LogP contribution in [0.1, 0.15) is 73.9 Å². The monoisotopic (exact) mass is 367 g/mol. The Morgan fingerprint density at radius 3 is 2.70 bits per heavy atom. The first kappa shape index (κ1) is 18.2. The lowest BCUT2D eigenvalue weighted by Gasteiger charge is -2.34. The Hall–Kier alpha value is -2.21. The Labute approximate surface area is 160 Å². The summed E-state index contributed by atoms with van der Waals surface area (Å²) < 4.78 is 2.11. The Morgan fingerprint density at radius 2 is 1.96 bits per heavy atom. The van der Waals surface area contributed by atoms with Gasteiger partial charge in [0.15, 0.2) is 5.82 Å². The highest BCUT2D eigenvalue weighted by atomic mass is 16.1. The number of fused-ring (bicyclic) bond motifs is 1. The summed E-state index contributed by atoms with van der Waals surface area (Å²) in [6.07, 6.45) is 7.23. The Kier molecular flexibility index (Phi) is 5.25. The second-order valence-electron chi connectivity index (χ2n) is 7.93. The zero-order valence-corrected chi connectivity index (χ0v) is 16.1. The third kappa shape index (κ3) is 3.90. The number of nitrogens with zero attached hydrogens (tertiary/aromatic N) is 4. The molecule has 0 radical (unpaired) electrons. The van der Waals surface area contributed by atoms with Crippen LogP contribution in [0, 0.1) is 0 Å². The van der Waals surface area contributed by atoms with Crippen molar-refractivity contribution in [3.05, 3.63) is 47.0 Å². The molecule has 2 N–H and O–H groups in total. The van der Waals surface area contributed by atoms with Crippen LogP contribution in [0.3, 0.4) is 0 Å². The highest BCUT2D eigenvalue weighted by molar-refractivity contribution is 5.75. The Morgan fingerprint density at radius 1 is 1.22 bits per heavy atom. The molecule has 1 aliphatic carbocycles. The van der Waals surface area contributed by atoms with Gasteiger partial charge in [-0.2, -0.15) is 5.10 Å². The molecule has 1 saturated carbocycles. The number of benzene rings is 1. The first-order chi connectivity index (χ1) is 13.1. The maximum absolute atomic E-state index is 11.4. The summed E-state index contributed by atoms with van der Waals surface area (Å²) in [5.41, 5.74) is 8.24. The molecule has 0 bridgehead atoms. The van der Waals surface area contributed by atoms with Crippen molar-refractivity contribution in [1.82, 2.24) is 19.7 Å². The minimum Gasteiger partial charge on any atom is -0.369 e. The third-order valence-corrected chi connectivity index (χ3v) is 6.04. The van der Waals surface area contributed by atoms with Crippen LogP contribution in [0.15, 0.2) is 24.3 Å². The predicted molar refractivity (Wildman–Crippen MR) is 104 cm³/mol. The van der Waals surface area contributed by atoms with Gasteiger partial charge in [-0.05, 0) is 37.3 Å². The number of aromatic nitrogens is 3. The molecule has 1 aliphatic heterocycles. The van der Waals surface area contributed by atoms with E-state index in [1.54, 1.807) is 0 Å². The summed E-state index contributed by atoms with van der Waals surface area (Å²) in [5.74, 6) is 1.17. The van der Waals surface area contributed by atoms with Crippen molar-refractivity contribution < 1.29 is 4.79 Å². The van der Waals surface area contributed by atoms with E-state index in [1.807, 2.05) is 0 Å². The molecule has 6 heteroatoms. The minimum absolute atomic E-state index is 0.113. The number of hydrogen-bond donors (Lipinski definition) is 1. The van der Waals surface area contributed by atoms with Gasteiger partial charge < -0.3 is 5.73 Å². The van der Waals surface area contributed by atoms with E-state index in [1.165, 1.54) is 30.4 Å². The largest absolute Gasteiger partial charge is 0.369 e. The summed E-state index contributed by atoms with van der Waals surface area (Å²) in [7, 11) is 0. The van der Waals surface area contributed by atoms with Crippen molar-refractivity contribution in [3.8, 4) is 0 Å². The van der Waals surface area contributed by atoms with E-state index in [9.17, 15) is 4.79 Å². The first-order valence-corrected chi connectivity index (χ1v) is 10.2. The van der Waals surface area contributed by atoms with E-state index in [2.05, 4.69) is 40.8 Å². The van der Waals surface area contributed by atoms with Crippen LogP contribution < -0.4 is 5.73 Å². The van der Waals surface area contributed by atoms with Crippen LogP contribution in [0.4, 0.5) is 0 Å². The molecule has 1 fully saturated rings. The number of rotatable bonds is 5. The molecular formula is C21H29N5O. The van der Waals surface area contributed by atoms with E-state index in [0.717, 1.165) is 38.2 Å². The Bertz CT molecular complexity index is 809. The number of hydrogen-bond acceptors (Lipinski definition) is 4. The summed E-state index contributed by atoms with van der Waals surface area (Å²) >= 11 is 0. The van der Waals surface area contributed by atoms with Crippen molar-refractivity contribution in [2.24, 2.45) is 5.73 Å². The fraction of sp³-hybridized carbons (Fsp3) is 0.571. The first-order valence-electron chi connectivity index (χ1n) is 10.2. The molecule has 1 unspecified atom stereocenters. The number of carbonyl (C=O) groups is 1. The molecule has 1 amide bonds. The lowest BCUT2D eigenvalue weighted by Crippen LogP contribution is -2.34. The normalized spacial score (nSPS) is 19.6. The molecule has 144 valence electrons. The van der Waals surface area contributed by atoms with Crippen molar-refractivity contribution in [2.75, 3.05) is 6.54 Å². The van der Waals surface area contributed by atoms with Gasteiger partial charge >= 0.3 is 0 Å². The number of primary amides is 1. The second kappa shape index (κ2) is 7.80. The lowest BCUT2D eigenvalue weighted by molar-refractivity contribution is -0.117. The molecule has 4 rings (SSSR count). The molecule has 6 nitrogen and oxygen atoms in total. The summed E-state index contributed by atoms with van der Waals surface area (Å²) in [5, 5.41) is 4.71. The fourth-order valence-corrected chi connectivity index (χ4v) is 4.50. The standard InChI is InChI=1S/C21H29N5O/c1-15(25-12-11-16-7-5-6-8-17(16)14-25)21-23-20(13-19(22)27)24-26(21)18-9-3-2-4-10-18/h5-8,15,18H,2-4,9-14H2,1H3,(H2,22,27). The van der Waals surface area contributed by atoms with Gasteiger partial charge in [-0.3, -0.25) is 9.69 Å². The fourth-order valence-electron chi connectivity index (χ4n) is 4.50. The lowest BCUT2D eigenvalue weighted by atomic mass is 9.95. The van der Waals surface area contributed by atoms with Crippen molar-refractivity contribution in [3.63, 3.8) is 0 Å². The van der Waals surface area contributed by atoms with Crippen molar-refractivity contribution in [1.29, 1.82) is 0 Å². The molecule has 0 saturated heterocycles. The highest BCUT2D eigenvalue weighted by Crippen LogP contribution is 2.32. The molecular weight excluding hydrogens is 338 g/mol. The molecule has 1 atom stereocenters. The summed E-state index contributed by atoms with van der Waals surface area (Å²) in [4.78, 5) is 18.6. The molecule has 1 aromatic heterocycles. The third-order valence-electron chi connectivity index (χ3n) is 6.04. The van der Waals surface area contributed by atoms with E-state index >= 15 is 0 Å². The van der Waals surface area contributed by atoms with Gasteiger partial charge in [0, 0.05) is 13.1 Å². The van der Waals surface area contributed by atoms with Gasteiger partial charge in [-0.25, -0.2) is 9.67 Å². The van der Waals surface area contributed by atoms with Crippen LogP contribution in [0.2, 0.25) is 0 Å². The zero-order chi connectivity index (χ0) is 18.8. The molecule has 2 aliphatic rings. The maximum Gasteiger partial charge on any atom is 0.225 e. The van der Waals surface area contributed by atoms with Gasteiger partial charge in [-0.15, -0.1) is 0 Å². The van der Waals surface area contributed by atoms with Crippen LogP contribution in [-0.2, 0) is 24.2 Å². The number of nitrogens with two attached hydrogens (primary N) is 1. The molecule has 0 spiro atoms. The quantitative estimate of drug-likeness (QED) is 0.881. The van der Waals surface area contributed by atoms with E-state index < -0.39 is 0 Å². The molecule has 2 aromatic rings. The van der Waals surface area contributed by atoms with Crippen LogP contribution in [0.5, 0.6) is 0 Å². The average Bonchev–Trinajstić information content (AvgIpc) is 3.10. The van der Waals surface area contributed by atoms with Crippen molar-refractivity contribution in [2.45, 2.75) is 70.5 Å². The van der Waals surface area contributed by atoms with Gasteiger partial charge in [0.1, 0.15) is 5.82 Å². The average molecular weight is 367 g/mol.